The molecule has 0 aliphatic carbocycles. The average Bonchev–Trinajstić information content (AvgIpc) is 3.04. The van der Waals surface area contributed by atoms with Gasteiger partial charge in [0.15, 0.2) is 5.78 Å². The molecule has 0 spiro atoms. The predicted octanol–water partition coefficient (Wildman–Crippen LogP) is 3.39. The number of anilines is 1. The number of non-ortho nitro benzene ring substituents is 1. The van der Waals surface area contributed by atoms with E-state index >= 15 is 0 Å². The molecule has 0 amide bonds. The van der Waals surface area contributed by atoms with Crippen LogP contribution in [0.3, 0.4) is 0 Å². The second kappa shape index (κ2) is 7.44. The van der Waals surface area contributed by atoms with E-state index in [4.69, 9.17) is 0 Å². The van der Waals surface area contributed by atoms with Crippen LogP contribution in [0.4, 0.5) is 11.4 Å². The maximum atomic E-state index is 12.9. The monoisotopic (exact) mass is 378 g/mol. The van der Waals surface area contributed by atoms with Crippen molar-refractivity contribution in [2.75, 3.05) is 37.6 Å². The zero-order valence-corrected chi connectivity index (χ0v) is 15.7. The van der Waals surface area contributed by atoms with Gasteiger partial charge in [0.2, 0.25) is 0 Å². The van der Waals surface area contributed by atoms with Crippen LogP contribution in [0.2, 0.25) is 0 Å². The number of benzene rings is 2. The predicted molar refractivity (Wildman–Crippen MR) is 109 cm³/mol. The van der Waals surface area contributed by atoms with Gasteiger partial charge in [-0.15, -0.1) is 0 Å². The molecule has 28 heavy (non-hydrogen) atoms. The van der Waals surface area contributed by atoms with E-state index in [-0.39, 0.29) is 16.4 Å². The van der Waals surface area contributed by atoms with Gasteiger partial charge < -0.3 is 9.88 Å². The highest BCUT2D eigenvalue weighted by atomic mass is 16.6. The quantitative estimate of drug-likeness (QED) is 0.418. The van der Waals surface area contributed by atoms with Crippen molar-refractivity contribution in [3.63, 3.8) is 0 Å². The molecule has 1 N–H and O–H groups in total. The van der Waals surface area contributed by atoms with E-state index in [0.717, 1.165) is 54.0 Å². The number of aromatic amines is 1. The molecule has 1 saturated heterocycles. The van der Waals surface area contributed by atoms with Gasteiger partial charge >= 0.3 is 0 Å². The van der Waals surface area contributed by atoms with Crippen LogP contribution < -0.4 is 4.90 Å². The summed E-state index contributed by atoms with van der Waals surface area (Å²) in [6.07, 6.45) is 0. The Morgan fingerprint density at radius 2 is 1.75 bits per heavy atom. The van der Waals surface area contributed by atoms with Crippen molar-refractivity contribution in [3.8, 4) is 0 Å². The molecule has 1 aliphatic rings. The first-order chi connectivity index (χ1) is 13.5. The molecule has 7 heteroatoms. The molecule has 1 aromatic heterocycles. The number of fused-ring (bicyclic) bond motifs is 1. The fraction of sp³-hybridized carbons (Fsp3) is 0.286. The van der Waals surface area contributed by atoms with Crippen LogP contribution in [0.15, 0.2) is 48.5 Å². The number of nitro groups is 1. The van der Waals surface area contributed by atoms with Gasteiger partial charge in [0.05, 0.1) is 11.5 Å². The third kappa shape index (κ3) is 3.48. The molecule has 2 aromatic carbocycles. The summed E-state index contributed by atoms with van der Waals surface area (Å²) in [5.41, 5.74) is 3.77. The van der Waals surface area contributed by atoms with Gasteiger partial charge in [0.1, 0.15) is 0 Å². The van der Waals surface area contributed by atoms with Crippen molar-refractivity contribution in [1.29, 1.82) is 0 Å². The average molecular weight is 378 g/mol. The van der Waals surface area contributed by atoms with Crippen LogP contribution in [-0.4, -0.2) is 53.3 Å². The van der Waals surface area contributed by atoms with Crippen molar-refractivity contribution in [2.24, 2.45) is 0 Å². The molecule has 4 rings (SSSR count). The molecule has 0 radical (unpaired) electrons. The molecule has 0 atom stereocenters. The molecule has 0 unspecified atom stereocenters. The van der Waals surface area contributed by atoms with Crippen molar-refractivity contribution < 1.29 is 9.72 Å². The number of nitrogens with zero attached hydrogens (tertiary/aromatic N) is 3. The summed E-state index contributed by atoms with van der Waals surface area (Å²) in [7, 11) is 0. The molecule has 144 valence electrons. The van der Waals surface area contributed by atoms with Crippen LogP contribution >= 0.6 is 0 Å². The third-order valence-electron chi connectivity index (χ3n) is 5.34. The Hall–Kier alpha value is -3.19. The first kappa shape index (κ1) is 18.2. The van der Waals surface area contributed by atoms with E-state index in [9.17, 15) is 14.9 Å². The Bertz CT molecular complexity index is 1020. The molecular formula is C21H22N4O3. The topological polar surface area (TPSA) is 82.5 Å². The minimum Gasteiger partial charge on any atom is -0.369 e. The van der Waals surface area contributed by atoms with Gasteiger partial charge in [0, 0.05) is 66.2 Å². The summed E-state index contributed by atoms with van der Waals surface area (Å²) in [6, 6.07) is 14.5. The fourth-order valence-electron chi connectivity index (χ4n) is 3.87. The number of carbonyl (C=O) groups excluding carboxylic acids is 1. The van der Waals surface area contributed by atoms with E-state index in [0.29, 0.717) is 6.54 Å². The van der Waals surface area contributed by atoms with Crippen molar-refractivity contribution in [2.45, 2.75) is 6.92 Å². The molecule has 7 nitrogen and oxygen atoms in total. The van der Waals surface area contributed by atoms with Gasteiger partial charge in [-0.3, -0.25) is 19.8 Å². The van der Waals surface area contributed by atoms with E-state index < -0.39 is 0 Å². The molecule has 2 heterocycles. The number of hydrogen-bond donors (Lipinski definition) is 1. The lowest BCUT2D eigenvalue weighted by Crippen LogP contribution is -2.48. The molecule has 1 fully saturated rings. The summed E-state index contributed by atoms with van der Waals surface area (Å²) in [5.74, 6) is 0.138. The lowest BCUT2D eigenvalue weighted by Gasteiger charge is -2.35. The Morgan fingerprint density at radius 1 is 1.07 bits per heavy atom. The Morgan fingerprint density at radius 3 is 2.43 bits per heavy atom. The zero-order valence-electron chi connectivity index (χ0n) is 15.7. The van der Waals surface area contributed by atoms with Crippen molar-refractivity contribution in [3.05, 3.63) is 69.9 Å². The van der Waals surface area contributed by atoms with Crippen LogP contribution in [0, 0.1) is 17.0 Å². The van der Waals surface area contributed by atoms with Crippen molar-refractivity contribution >= 4 is 28.1 Å². The van der Waals surface area contributed by atoms with Crippen LogP contribution in [0.5, 0.6) is 0 Å². The fourth-order valence-corrected chi connectivity index (χ4v) is 3.87. The van der Waals surface area contributed by atoms with Gasteiger partial charge in [-0.05, 0) is 25.1 Å². The standard InChI is InChI=1S/C21H22N4O3/c1-15-21(18-4-2-3-5-19(18)22-15)20(26)14-23-10-12-24(13-11-23)16-6-8-17(9-7-16)25(27)28/h2-9,22H,10-14H2,1H3. The number of carbonyl (C=O) groups is 1. The molecule has 3 aromatic rings. The summed E-state index contributed by atoms with van der Waals surface area (Å²) in [6.45, 7) is 5.49. The number of Topliss-reactive ketones (excluding diaryl/α,β-unsaturated/α-hetero) is 1. The summed E-state index contributed by atoms with van der Waals surface area (Å²) >= 11 is 0. The molecule has 0 bridgehead atoms. The Labute approximate surface area is 162 Å². The van der Waals surface area contributed by atoms with E-state index in [1.165, 1.54) is 12.1 Å². The van der Waals surface area contributed by atoms with Gasteiger partial charge in [-0.2, -0.15) is 0 Å². The normalized spacial score (nSPS) is 15.1. The van der Waals surface area contributed by atoms with E-state index in [1.807, 2.05) is 31.2 Å². The first-order valence-corrected chi connectivity index (χ1v) is 9.35. The summed E-state index contributed by atoms with van der Waals surface area (Å²) < 4.78 is 0. The largest absolute Gasteiger partial charge is 0.369 e. The third-order valence-corrected chi connectivity index (χ3v) is 5.34. The first-order valence-electron chi connectivity index (χ1n) is 9.35. The lowest BCUT2D eigenvalue weighted by atomic mass is 10.1. The van der Waals surface area contributed by atoms with Gasteiger partial charge in [-0.25, -0.2) is 0 Å². The molecule has 1 aliphatic heterocycles. The molecule has 0 saturated carbocycles. The Kier molecular flexibility index (Phi) is 4.83. The number of nitrogens with one attached hydrogen (secondary N) is 1. The van der Waals surface area contributed by atoms with E-state index in [2.05, 4.69) is 14.8 Å². The highest BCUT2D eigenvalue weighted by Crippen LogP contribution is 2.24. The second-order valence-corrected chi connectivity index (χ2v) is 7.13. The number of rotatable bonds is 5. The highest BCUT2D eigenvalue weighted by molar-refractivity contribution is 6.10. The summed E-state index contributed by atoms with van der Waals surface area (Å²) in [4.78, 5) is 31.0. The maximum absolute atomic E-state index is 12.9. The highest BCUT2D eigenvalue weighted by Gasteiger charge is 2.22. The SMILES string of the molecule is Cc1[nH]c2ccccc2c1C(=O)CN1CCN(c2ccc([N+](=O)[O-])cc2)CC1. The number of para-hydroxylation sites is 1. The van der Waals surface area contributed by atoms with E-state index in [1.54, 1.807) is 12.1 Å². The number of aryl methyl sites for hydroxylation is 1. The summed E-state index contributed by atoms with van der Waals surface area (Å²) in [5, 5.41) is 11.8. The maximum Gasteiger partial charge on any atom is 0.269 e. The van der Waals surface area contributed by atoms with Crippen molar-refractivity contribution in [1.82, 2.24) is 9.88 Å². The number of ketones is 1. The van der Waals surface area contributed by atoms with Gasteiger partial charge in [0.25, 0.3) is 5.69 Å². The van der Waals surface area contributed by atoms with Crippen LogP contribution in [0.1, 0.15) is 16.1 Å². The smallest absolute Gasteiger partial charge is 0.269 e. The number of piperazine rings is 1. The number of hydrogen-bond acceptors (Lipinski definition) is 5. The number of H-pyrrole nitrogens is 1. The molecular weight excluding hydrogens is 356 g/mol. The number of aromatic nitrogens is 1. The minimum atomic E-state index is -0.389. The zero-order chi connectivity index (χ0) is 19.7. The van der Waals surface area contributed by atoms with Crippen LogP contribution in [0.25, 0.3) is 10.9 Å². The Balaban J connectivity index is 1.39. The second-order valence-electron chi connectivity index (χ2n) is 7.13. The lowest BCUT2D eigenvalue weighted by molar-refractivity contribution is -0.384. The van der Waals surface area contributed by atoms with Crippen LogP contribution in [-0.2, 0) is 0 Å². The number of nitro benzene ring substituents is 1. The van der Waals surface area contributed by atoms with Gasteiger partial charge in [-0.1, -0.05) is 18.2 Å². The minimum absolute atomic E-state index is 0.0991.